The first-order chi connectivity index (χ1) is 5.88. The summed E-state index contributed by atoms with van der Waals surface area (Å²) in [7, 11) is 0. The fourth-order valence-corrected chi connectivity index (χ4v) is 2.62. The molecule has 1 nitrogen and oxygen atoms in total. The summed E-state index contributed by atoms with van der Waals surface area (Å²) in [4.78, 5) is 0. The lowest BCUT2D eigenvalue weighted by Gasteiger charge is -2.13. The predicted molar refractivity (Wildman–Crippen MR) is 49.0 cm³/mol. The molecule has 1 fully saturated rings. The number of fused-ring (bicyclic) bond motifs is 3. The minimum atomic E-state index is 0.466. The van der Waals surface area contributed by atoms with E-state index in [1.165, 1.54) is 24.0 Å². The number of benzene rings is 1. The third kappa shape index (κ3) is 0.721. The van der Waals surface area contributed by atoms with Crippen LogP contribution in [0, 0.1) is 5.92 Å². The molecular formula is C11H13N. The lowest BCUT2D eigenvalue weighted by atomic mass is 9.92. The SMILES string of the molecule is N[C@@H]1[C@@H]2CCc3ccccc3[C@H]12. The van der Waals surface area contributed by atoms with Gasteiger partial charge in [-0.2, -0.15) is 0 Å². The van der Waals surface area contributed by atoms with E-state index in [2.05, 4.69) is 24.3 Å². The molecule has 1 saturated carbocycles. The normalized spacial score (nSPS) is 36.9. The highest BCUT2D eigenvalue weighted by atomic mass is 14.8. The largest absolute Gasteiger partial charge is 0.327 e. The molecule has 0 saturated heterocycles. The van der Waals surface area contributed by atoms with Crippen molar-refractivity contribution in [3.8, 4) is 0 Å². The lowest BCUT2D eigenvalue weighted by Crippen LogP contribution is -2.02. The van der Waals surface area contributed by atoms with Crippen LogP contribution in [0.1, 0.15) is 23.5 Å². The summed E-state index contributed by atoms with van der Waals surface area (Å²) in [6.45, 7) is 0. The van der Waals surface area contributed by atoms with E-state index in [9.17, 15) is 0 Å². The summed E-state index contributed by atoms with van der Waals surface area (Å²) in [5.41, 5.74) is 9.05. The van der Waals surface area contributed by atoms with Gasteiger partial charge in [0.25, 0.3) is 0 Å². The van der Waals surface area contributed by atoms with Crippen LogP contribution >= 0.6 is 0 Å². The molecule has 1 aromatic carbocycles. The van der Waals surface area contributed by atoms with E-state index in [0.29, 0.717) is 12.0 Å². The van der Waals surface area contributed by atoms with Crippen LogP contribution in [0.4, 0.5) is 0 Å². The highest BCUT2D eigenvalue weighted by Gasteiger charge is 2.50. The molecular weight excluding hydrogens is 146 g/mol. The van der Waals surface area contributed by atoms with Gasteiger partial charge in [0, 0.05) is 12.0 Å². The molecule has 2 aliphatic carbocycles. The molecule has 0 aromatic heterocycles. The first-order valence-corrected chi connectivity index (χ1v) is 4.71. The number of aryl methyl sites for hydroxylation is 1. The Kier molecular flexibility index (Phi) is 1.17. The number of rotatable bonds is 0. The summed E-state index contributed by atoms with van der Waals surface area (Å²) in [5, 5.41) is 0. The summed E-state index contributed by atoms with van der Waals surface area (Å²) >= 11 is 0. The van der Waals surface area contributed by atoms with Gasteiger partial charge in [-0.05, 0) is 29.9 Å². The summed E-state index contributed by atoms with van der Waals surface area (Å²) in [6, 6.07) is 9.23. The minimum absolute atomic E-state index is 0.466. The van der Waals surface area contributed by atoms with Crippen molar-refractivity contribution in [1.82, 2.24) is 0 Å². The first-order valence-electron chi connectivity index (χ1n) is 4.71. The Labute approximate surface area is 72.6 Å². The monoisotopic (exact) mass is 159 g/mol. The molecule has 1 heteroatoms. The first kappa shape index (κ1) is 6.67. The van der Waals surface area contributed by atoms with Crippen molar-refractivity contribution in [3.05, 3.63) is 35.4 Å². The van der Waals surface area contributed by atoms with Gasteiger partial charge < -0.3 is 5.73 Å². The Morgan fingerprint density at radius 2 is 2.08 bits per heavy atom. The Morgan fingerprint density at radius 3 is 3.00 bits per heavy atom. The molecule has 0 amide bonds. The van der Waals surface area contributed by atoms with E-state index >= 15 is 0 Å². The molecule has 3 rings (SSSR count). The second-order valence-electron chi connectivity index (χ2n) is 4.00. The van der Waals surface area contributed by atoms with Crippen molar-refractivity contribution in [2.24, 2.45) is 11.7 Å². The summed E-state index contributed by atoms with van der Waals surface area (Å²) < 4.78 is 0. The Bertz CT molecular complexity index is 319. The number of hydrogen-bond donors (Lipinski definition) is 1. The molecule has 0 spiro atoms. The van der Waals surface area contributed by atoms with Crippen molar-refractivity contribution < 1.29 is 0 Å². The zero-order valence-electron chi connectivity index (χ0n) is 7.03. The number of nitrogens with two attached hydrogens (primary N) is 1. The van der Waals surface area contributed by atoms with Crippen LogP contribution < -0.4 is 5.73 Å². The van der Waals surface area contributed by atoms with Gasteiger partial charge in [0.15, 0.2) is 0 Å². The zero-order valence-corrected chi connectivity index (χ0v) is 7.03. The van der Waals surface area contributed by atoms with Crippen LogP contribution in [-0.4, -0.2) is 6.04 Å². The minimum Gasteiger partial charge on any atom is -0.327 e. The second-order valence-corrected chi connectivity index (χ2v) is 4.00. The molecule has 2 N–H and O–H groups in total. The third-order valence-electron chi connectivity index (χ3n) is 3.39. The van der Waals surface area contributed by atoms with Crippen molar-refractivity contribution in [1.29, 1.82) is 0 Å². The Morgan fingerprint density at radius 1 is 1.25 bits per heavy atom. The van der Waals surface area contributed by atoms with Crippen molar-refractivity contribution in [2.75, 3.05) is 0 Å². The maximum Gasteiger partial charge on any atom is 0.0146 e. The molecule has 62 valence electrons. The molecule has 0 unspecified atom stereocenters. The maximum absolute atomic E-state index is 5.99. The van der Waals surface area contributed by atoms with Gasteiger partial charge in [-0.3, -0.25) is 0 Å². The summed E-state index contributed by atoms with van der Waals surface area (Å²) in [6.07, 6.45) is 2.55. The average molecular weight is 159 g/mol. The van der Waals surface area contributed by atoms with Crippen LogP contribution in [0.3, 0.4) is 0 Å². The quantitative estimate of drug-likeness (QED) is 0.612. The fraction of sp³-hybridized carbons (Fsp3) is 0.455. The molecule has 1 aromatic rings. The molecule has 0 heterocycles. The topological polar surface area (TPSA) is 26.0 Å². The van der Waals surface area contributed by atoms with Gasteiger partial charge >= 0.3 is 0 Å². The van der Waals surface area contributed by atoms with E-state index in [-0.39, 0.29) is 0 Å². The van der Waals surface area contributed by atoms with E-state index in [1.54, 1.807) is 0 Å². The van der Waals surface area contributed by atoms with Crippen LogP contribution in [0.25, 0.3) is 0 Å². The van der Waals surface area contributed by atoms with Gasteiger partial charge in [0.05, 0.1) is 0 Å². The highest BCUT2D eigenvalue weighted by molar-refractivity contribution is 5.40. The smallest absolute Gasteiger partial charge is 0.0146 e. The molecule has 0 bridgehead atoms. The van der Waals surface area contributed by atoms with Gasteiger partial charge in [-0.25, -0.2) is 0 Å². The molecule has 2 aliphatic rings. The van der Waals surface area contributed by atoms with Crippen LogP contribution in [-0.2, 0) is 6.42 Å². The van der Waals surface area contributed by atoms with Crippen LogP contribution in [0.2, 0.25) is 0 Å². The third-order valence-corrected chi connectivity index (χ3v) is 3.39. The molecule has 12 heavy (non-hydrogen) atoms. The number of hydrogen-bond acceptors (Lipinski definition) is 1. The highest BCUT2D eigenvalue weighted by Crippen LogP contribution is 2.53. The standard InChI is InChI=1S/C11H13N/c12-11-9-6-5-7-3-1-2-4-8(7)10(9)11/h1-4,9-11H,5-6,12H2/t9-,10+,11-/m1/s1. The maximum atomic E-state index is 5.99. The predicted octanol–water partition coefficient (Wildman–Crippen LogP) is 1.67. The van der Waals surface area contributed by atoms with E-state index in [1.807, 2.05) is 0 Å². The second kappa shape index (κ2) is 2.11. The summed E-state index contributed by atoms with van der Waals surface area (Å²) in [5.74, 6) is 1.51. The zero-order chi connectivity index (χ0) is 8.13. The van der Waals surface area contributed by atoms with Crippen molar-refractivity contribution in [3.63, 3.8) is 0 Å². The van der Waals surface area contributed by atoms with Crippen LogP contribution in [0.15, 0.2) is 24.3 Å². The van der Waals surface area contributed by atoms with Gasteiger partial charge in [0.2, 0.25) is 0 Å². The Balaban J connectivity index is 2.10. The van der Waals surface area contributed by atoms with E-state index < -0.39 is 0 Å². The van der Waals surface area contributed by atoms with Gasteiger partial charge in [0.1, 0.15) is 0 Å². The van der Waals surface area contributed by atoms with E-state index in [4.69, 9.17) is 5.73 Å². The van der Waals surface area contributed by atoms with Crippen LogP contribution in [0.5, 0.6) is 0 Å². The van der Waals surface area contributed by atoms with Gasteiger partial charge in [-0.1, -0.05) is 24.3 Å². The molecule has 0 aliphatic heterocycles. The van der Waals surface area contributed by atoms with Crippen molar-refractivity contribution >= 4 is 0 Å². The Hall–Kier alpha value is -0.820. The lowest BCUT2D eigenvalue weighted by molar-refractivity contribution is 0.658. The molecule has 0 radical (unpaired) electrons. The van der Waals surface area contributed by atoms with E-state index in [0.717, 1.165) is 5.92 Å². The van der Waals surface area contributed by atoms with Gasteiger partial charge in [-0.15, -0.1) is 0 Å². The molecule has 3 atom stereocenters. The fourth-order valence-electron chi connectivity index (χ4n) is 2.62. The average Bonchev–Trinajstić information content (AvgIpc) is 2.78. The van der Waals surface area contributed by atoms with Crippen molar-refractivity contribution in [2.45, 2.75) is 24.8 Å².